The lowest BCUT2D eigenvalue weighted by molar-refractivity contribution is -0.149. The molecule has 148 valence electrons. The Bertz CT molecular complexity index is 741. The summed E-state index contributed by atoms with van der Waals surface area (Å²) in [7, 11) is 0. The SMILES string of the molecule is CC(=O)OC1CCC2(C)C(=CCC3C2CCC2(C)C3CC3O[C@]32C(C)=O)C1. The quantitative estimate of drug-likeness (QED) is 0.414. The summed E-state index contributed by atoms with van der Waals surface area (Å²) in [5.41, 5.74) is 1.30. The first-order valence-electron chi connectivity index (χ1n) is 10.8. The third kappa shape index (κ3) is 2.14. The van der Waals surface area contributed by atoms with Gasteiger partial charge in [0.15, 0.2) is 11.4 Å². The van der Waals surface area contributed by atoms with Crippen molar-refractivity contribution >= 4 is 11.8 Å². The van der Waals surface area contributed by atoms with Gasteiger partial charge in [-0.25, -0.2) is 0 Å². The molecule has 4 nitrogen and oxygen atoms in total. The fraction of sp³-hybridized carbons (Fsp3) is 0.826. The molecule has 1 saturated heterocycles. The van der Waals surface area contributed by atoms with Gasteiger partial charge in [-0.1, -0.05) is 25.5 Å². The van der Waals surface area contributed by atoms with Crippen LogP contribution in [0.25, 0.3) is 0 Å². The van der Waals surface area contributed by atoms with Crippen molar-refractivity contribution in [3.8, 4) is 0 Å². The minimum Gasteiger partial charge on any atom is -0.462 e. The van der Waals surface area contributed by atoms with Crippen molar-refractivity contribution in [2.24, 2.45) is 28.6 Å². The number of allylic oxidation sites excluding steroid dienone is 1. The van der Waals surface area contributed by atoms with Crippen molar-refractivity contribution in [2.75, 3.05) is 0 Å². The van der Waals surface area contributed by atoms with Crippen LogP contribution in [0.3, 0.4) is 0 Å². The molecule has 0 aromatic carbocycles. The van der Waals surface area contributed by atoms with Gasteiger partial charge in [0.2, 0.25) is 0 Å². The Morgan fingerprint density at radius 1 is 1.15 bits per heavy atom. The molecule has 1 aliphatic heterocycles. The largest absolute Gasteiger partial charge is 0.462 e. The van der Waals surface area contributed by atoms with E-state index in [1.54, 1.807) is 6.92 Å². The van der Waals surface area contributed by atoms with Gasteiger partial charge in [-0.2, -0.15) is 0 Å². The first-order valence-corrected chi connectivity index (χ1v) is 10.8. The van der Waals surface area contributed by atoms with E-state index in [9.17, 15) is 9.59 Å². The van der Waals surface area contributed by atoms with Crippen LogP contribution in [0.2, 0.25) is 0 Å². The minimum atomic E-state index is -0.472. The molecular weight excluding hydrogens is 340 g/mol. The number of hydrogen-bond acceptors (Lipinski definition) is 4. The highest BCUT2D eigenvalue weighted by molar-refractivity contribution is 5.90. The van der Waals surface area contributed by atoms with Gasteiger partial charge in [0.25, 0.3) is 0 Å². The summed E-state index contributed by atoms with van der Waals surface area (Å²) < 4.78 is 11.6. The predicted molar refractivity (Wildman–Crippen MR) is 101 cm³/mol. The summed E-state index contributed by atoms with van der Waals surface area (Å²) in [6.07, 6.45) is 10.1. The number of rotatable bonds is 2. The normalized spacial score (nSPS) is 52.6. The van der Waals surface area contributed by atoms with Gasteiger partial charge in [-0.05, 0) is 68.6 Å². The Morgan fingerprint density at radius 2 is 1.93 bits per heavy atom. The third-order valence-electron chi connectivity index (χ3n) is 9.34. The van der Waals surface area contributed by atoms with E-state index in [-0.39, 0.29) is 34.8 Å². The van der Waals surface area contributed by atoms with Crippen LogP contribution in [0.4, 0.5) is 0 Å². The molecule has 0 radical (unpaired) electrons. The molecule has 7 unspecified atom stereocenters. The van der Waals surface area contributed by atoms with Crippen LogP contribution >= 0.6 is 0 Å². The Kier molecular flexibility index (Phi) is 3.62. The molecule has 3 saturated carbocycles. The summed E-state index contributed by atoms with van der Waals surface area (Å²) in [5.74, 6) is 2.03. The average Bonchev–Trinajstić information content (AvgIpc) is 3.27. The number of epoxide rings is 1. The van der Waals surface area contributed by atoms with E-state index in [2.05, 4.69) is 19.9 Å². The average molecular weight is 373 g/mol. The number of Topliss-reactive ketones (excluding diaryl/α,β-unsaturated/α-hetero) is 1. The zero-order chi connectivity index (χ0) is 19.2. The minimum absolute atomic E-state index is 0.0152. The number of esters is 1. The molecule has 4 heteroatoms. The highest BCUT2D eigenvalue weighted by Gasteiger charge is 2.79. The fourth-order valence-electron chi connectivity index (χ4n) is 8.03. The van der Waals surface area contributed by atoms with E-state index in [4.69, 9.17) is 9.47 Å². The molecule has 0 bridgehead atoms. The summed E-state index contributed by atoms with van der Waals surface area (Å²) in [4.78, 5) is 23.8. The van der Waals surface area contributed by atoms with Crippen molar-refractivity contribution < 1.29 is 19.1 Å². The number of fused-ring (bicyclic) bond motifs is 7. The Morgan fingerprint density at radius 3 is 2.63 bits per heavy atom. The molecular formula is C23H32O4. The van der Waals surface area contributed by atoms with E-state index in [1.807, 2.05) is 0 Å². The topological polar surface area (TPSA) is 55.9 Å². The van der Waals surface area contributed by atoms with Crippen LogP contribution in [-0.2, 0) is 19.1 Å². The van der Waals surface area contributed by atoms with Gasteiger partial charge >= 0.3 is 5.97 Å². The zero-order valence-electron chi connectivity index (χ0n) is 17.0. The van der Waals surface area contributed by atoms with Gasteiger partial charge in [-0.3, -0.25) is 9.59 Å². The maximum atomic E-state index is 12.5. The molecule has 0 N–H and O–H groups in total. The van der Waals surface area contributed by atoms with E-state index < -0.39 is 5.60 Å². The second kappa shape index (κ2) is 5.46. The molecule has 8 atom stereocenters. The summed E-state index contributed by atoms with van der Waals surface area (Å²) in [6, 6.07) is 0. The van der Waals surface area contributed by atoms with E-state index in [0.29, 0.717) is 17.8 Å². The Balaban J connectivity index is 1.43. The van der Waals surface area contributed by atoms with Gasteiger partial charge in [0.05, 0.1) is 6.10 Å². The van der Waals surface area contributed by atoms with Gasteiger partial charge < -0.3 is 9.47 Å². The first-order chi connectivity index (χ1) is 12.7. The Hall–Kier alpha value is -1.16. The molecule has 1 heterocycles. The van der Waals surface area contributed by atoms with Crippen LogP contribution in [0, 0.1) is 28.6 Å². The van der Waals surface area contributed by atoms with Gasteiger partial charge in [0, 0.05) is 18.8 Å². The molecule has 0 aromatic rings. The fourth-order valence-corrected chi connectivity index (χ4v) is 8.03. The van der Waals surface area contributed by atoms with Crippen LogP contribution in [0.15, 0.2) is 11.6 Å². The van der Waals surface area contributed by atoms with Crippen molar-refractivity contribution in [3.63, 3.8) is 0 Å². The molecule has 4 aliphatic carbocycles. The monoisotopic (exact) mass is 372 g/mol. The maximum absolute atomic E-state index is 12.5. The molecule has 0 amide bonds. The third-order valence-corrected chi connectivity index (χ3v) is 9.34. The summed E-state index contributed by atoms with van der Waals surface area (Å²) in [6.45, 7) is 8.03. The van der Waals surface area contributed by atoms with E-state index >= 15 is 0 Å². The summed E-state index contributed by atoms with van der Waals surface area (Å²) >= 11 is 0. The number of carbonyl (C=O) groups excluding carboxylic acids is 2. The lowest BCUT2D eigenvalue weighted by atomic mass is 9.47. The number of ether oxygens (including phenoxy) is 2. The van der Waals surface area contributed by atoms with Crippen LogP contribution in [0.1, 0.15) is 72.6 Å². The predicted octanol–water partition coefficient (Wildman–Crippen LogP) is 4.22. The molecule has 0 spiro atoms. The van der Waals surface area contributed by atoms with Crippen LogP contribution in [-0.4, -0.2) is 29.6 Å². The lowest BCUT2D eigenvalue weighted by Gasteiger charge is -2.58. The zero-order valence-corrected chi connectivity index (χ0v) is 17.0. The van der Waals surface area contributed by atoms with Crippen molar-refractivity contribution in [3.05, 3.63) is 11.6 Å². The number of ketones is 1. The second-order valence-electron chi connectivity index (χ2n) is 10.3. The molecule has 4 fully saturated rings. The first kappa shape index (κ1) is 17.9. The summed E-state index contributed by atoms with van der Waals surface area (Å²) in [5, 5.41) is 0. The number of hydrogen-bond donors (Lipinski definition) is 0. The number of carbonyl (C=O) groups is 2. The molecule has 27 heavy (non-hydrogen) atoms. The molecule has 0 aromatic heterocycles. The highest BCUT2D eigenvalue weighted by Crippen LogP contribution is 2.73. The van der Waals surface area contributed by atoms with Crippen molar-refractivity contribution in [1.29, 1.82) is 0 Å². The molecule has 5 aliphatic rings. The highest BCUT2D eigenvalue weighted by atomic mass is 16.6. The maximum Gasteiger partial charge on any atom is 0.302 e. The lowest BCUT2D eigenvalue weighted by Crippen LogP contribution is -2.54. The smallest absolute Gasteiger partial charge is 0.302 e. The van der Waals surface area contributed by atoms with Crippen LogP contribution in [0.5, 0.6) is 0 Å². The van der Waals surface area contributed by atoms with E-state index in [1.165, 1.54) is 18.9 Å². The van der Waals surface area contributed by atoms with Crippen molar-refractivity contribution in [1.82, 2.24) is 0 Å². The standard InChI is InChI=1S/C23H32O4/c1-13(24)23-20(27-23)12-19-17-6-5-15-11-16(26-14(2)25)7-9-21(15,3)18(17)8-10-22(19,23)4/h5,16-20H,6-12H2,1-4H3/t16?,17?,18?,19?,20?,21?,22?,23-/m1/s1. The Labute approximate surface area is 162 Å². The molecule has 5 rings (SSSR count). The van der Waals surface area contributed by atoms with Crippen LogP contribution < -0.4 is 0 Å². The van der Waals surface area contributed by atoms with Crippen molar-refractivity contribution in [2.45, 2.75) is 90.4 Å². The van der Waals surface area contributed by atoms with Gasteiger partial charge in [0.1, 0.15) is 6.10 Å². The van der Waals surface area contributed by atoms with Gasteiger partial charge in [-0.15, -0.1) is 0 Å². The van der Waals surface area contributed by atoms with E-state index in [0.717, 1.165) is 38.5 Å². The second-order valence-corrected chi connectivity index (χ2v) is 10.3.